The third-order valence-electron chi connectivity index (χ3n) is 4.02. The van der Waals surface area contributed by atoms with Gasteiger partial charge < -0.3 is 14.9 Å². The van der Waals surface area contributed by atoms with Gasteiger partial charge >= 0.3 is 5.97 Å². The summed E-state index contributed by atoms with van der Waals surface area (Å²) in [5, 5.41) is 19.0. The number of aliphatic hydroxyl groups is 1. The molecule has 0 heterocycles. The largest absolute Gasteiger partial charge is 0.481 e. The number of hydrogen-bond donors (Lipinski definition) is 2. The lowest BCUT2D eigenvalue weighted by Crippen LogP contribution is -2.30. The van der Waals surface area contributed by atoms with Crippen LogP contribution in [0.2, 0.25) is 0 Å². The molecule has 2 aromatic carbocycles. The van der Waals surface area contributed by atoms with Gasteiger partial charge in [-0.15, -0.1) is 0 Å². The van der Waals surface area contributed by atoms with E-state index in [1.54, 1.807) is 62.4 Å². The maximum atomic E-state index is 12.0. The smallest absolute Gasteiger partial charge is 0.313 e. The molecular formula is C20H22O5. The Morgan fingerprint density at radius 2 is 1.28 bits per heavy atom. The monoisotopic (exact) mass is 342 g/mol. The number of carboxylic acid groups (broad SMARTS) is 1. The Hall–Kier alpha value is -2.66. The lowest BCUT2D eigenvalue weighted by atomic mass is 9.85. The third kappa shape index (κ3) is 4.25. The van der Waals surface area contributed by atoms with Gasteiger partial charge in [0.25, 0.3) is 0 Å². The van der Waals surface area contributed by atoms with Crippen molar-refractivity contribution in [3.05, 3.63) is 59.7 Å². The highest BCUT2D eigenvalue weighted by Gasteiger charge is 2.29. The third-order valence-corrected chi connectivity index (χ3v) is 4.02. The first-order chi connectivity index (χ1) is 11.5. The van der Waals surface area contributed by atoms with E-state index in [-0.39, 0.29) is 5.78 Å². The van der Waals surface area contributed by atoms with Gasteiger partial charge in [-0.2, -0.15) is 0 Å². The molecule has 0 saturated carbocycles. The molecule has 2 N–H and O–H groups in total. The summed E-state index contributed by atoms with van der Waals surface area (Å²) in [6.45, 7) is 6.17. The molecular weight excluding hydrogens is 320 g/mol. The summed E-state index contributed by atoms with van der Waals surface area (Å²) in [5.74, 6) is -0.156. The fourth-order valence-electron chi connectivity index (χ4n) is 2.23. The zero-order valence-corrected chi connectivity index (χ0v) is 14.7. The number of rotatable bonds is 6. The average molecular weight is 342 g/mol. The molecule has 0 amide bonds. The predicted molar refractivity (Wildman–Crippen MR) is 94.2 cm³/mol. The molecule has 5 nitrogen and oxygen atoms in total. The minimum atomic E-state index is -1.42. The molecule has 5 heteroatoms. The molecule has 0 aliphatic heterocycles. The van der Waals surface area contributed by atoms with Crippen molar-refractivity contribution in [3.8, 4) is 11.5 Å². The Morgan fingerprint density at radius 3 is 1.68 bits per heavy atom. The normalized spacial score (nSPS) is 11.9. The van der Waals surface area contributed by atoms with Gasteiger partial charge in [-0.3, -0.25) is 9.59 Å². The fourth-order valence-corrected chi connectivity index (χ4v) is 2.23. The van der Waals surface area contributed by atoms with Gasteiger partial charge in [0.2, 0.25) is 0 Å². The molecule has 0 bridgehead atoms. The SMILES string of the molecule is CC(C)(O)C(=O)c1ccc(Oc2ccc(C(C)(C)C(=O)O)cc2)cc1. The number of carboxylic acids is 1. The van der Waals surface area contributed by atoms with Gasteiger partial charge in [-0.25, -0.2) is 0 Å². The van der Waals surface area contributed by atoms with Gasteiger partial charge in [-0.05, 0) is 69.7 Å². The summed E-state index contributed by atoms with van der Waals surface area (Å²) in [6.07, 6.45) is 0. The number of Topliss-reactive ketones (excluding diaryl/α,β-unsaturated/α-hetero) is 1. The predicted octanol–water partition coefficient (Wildman–Crippen LogP) is 3.79. The van der Waals surface area contributed by atoms with Gasteiger partial charge in [0.1, 0.15) is 17.1 Å². The topological polar surface area (TPSA) is 83.8 Å². The average Bonchev–Trinajstić information content (AvgIpc) is 2.54. The first-order valence-electron chi connectivity index (χ1n) is 7.91. The first kappa shape index (κ1) is 18.7. The lowest BCUT2D eigenvalue weighted by Gasteiger charge is -2.19. The Morgan fingerprint density at radius 1 is 0.840 bits per heavy atom. The van der Waals surface area contributed by atoms with E-state index in [4.69, 9.17) is 4.74 Å². The maximum absolute atomic E-state index is 12.0. The van der Waals surface area contributed by atoms with E-state index in [1.165, 1.54) is 13.8 Å². The van der Waals surface area contributed by atoms with Gasteiger partial charge in [-0.1, -0.05) is 12.1 Å². The van der Waals surface area contributed by atoms with Crippen LogP contribution in [-0.4, -0.2) is 27.6 Å². The van der Waals surface area contributed by atoms with Gasteiger partial charge in [0.05, 0.1) is 5.41 Å². The van der Waals surface area contributed by atoms with E-state index in [9.17, 15) is 19.8 Å². The highest BCUT2D eigenvalue weighted by molar-refractivity contribution is 6.01. The zero-order valence-electron chi connectivity index (χ0n) is 14.7. The summed E-state index contributed by atoms with van der Waals surface area (Å²) in [4.78, 5) is 23.3. The van der Waals surface area contributed by atoms with Crippen LogP contribution in [0.25, 0.3) is 0 Å². The van der Waals surface area contributed by atoms with Crippen molar-refractivity contribution in [3.63, 3.8) is 0 Å². The first-order valence-corrected chi connectivity index (χ1v) is 7.91. The molecule has 0 fully saturated rings. The minimum absolute atomic E-state index is 0.362. The summed E-state index contributed by atoms with van der Waals surface area (Å²) < 4.78 is 5.71. The minimum Gasteiger partial charge on any atom is -0.481 e. The Bertz CT molecular complexity index is 765. The van der Waals surface area contributed by atoms with Crippen LogP contribution < -0.4 is 4.74 Å². The molecule has 0 atom stereocenters. The number of ether oxygens (including phenoxy) is 1. The van der Waals surface area contributed by atoms with Crippen LogP contribution in [0.15, 0.2) is 48.5 Å². The molecule has 0 aliphatic rings. The number of ketones is 1. The molecule has 132 valence electrons. The highest BCUT2D eigenvalue weighted by Crippen LogP contribution is 2.28. The second-order valence-corrected chi connectivity index (χ2v) is 6.97. The van der Waals surface area contributed by atoms with Gasteiger partial charge in [0, 0.05) is 5.56 Å². The summed E-state index contributed by atoms with van der Waals surface area (Å²) in [5.41, 5.74) is -1.32. The van der Waals surface area contributed by atoms with Crippen molar-refractivity contribution in [2.45, 2.75) is 38.7 Å². The fraction of sp³-hybridized carbons (Fsp3) is 0.300. The number of aliphatic carboxylic acids is 1. The zero-order chi connectivity index (χ0) is 18.8. The lowest BCUT2D eigenvalue weighted by molar-refractivity contribution is -0.142. The van der Waals surface area contributed by atoms with E-state index >= 15 is 0 Å². The molecule has 2 rings (SSSR count). The second-order valence-electron chi connectivity index (χ2n) is 6.97. The molecule has 0 saturated heterocycles. The van der Waals surface area contributed by atoms with Gasteiger partial charge in [0.15, 0.2) is 5.78 Å². The highest BCUT2D eigenvalue weighted by atomic mass is 16.5. The molecule has 0 unspecified atom stereocenters. The van der Waals surface area contributed by atoms with Crippen LogP contribution in [0.1, 0.15) is 43.6 Å². The molecule has 0 aliphatic carbocycles. The van der Waals surface area contributed by atoms with Crippen molar-refractivity contribution < 1.29 is 24.5 Å². The van der Waals surface area contributed by atoms with Crippen molar-refractivity contribution in [1.29, 1.82) is 0 Å². The molecule has 25 heavy (non-hydrogen) atoms. The summed E-state index contributed by atoms with van der Waals surface area (Å²) >= 11 is 0. The Balaban J connectivity index is 2.13. The molecule has 0 spiro atoms. The molecule has 0 aromatic heterocycles. The maximum Gasteiger partial charge on any atom is 0.313 e. The van der Waals surface area contributed by atoms with Crippen LogP contribution in [0.3, 0.4) is 0 Å². The van der Waals surface area contributed by atoms with E-state index in [2.05, 4.69) is 0 Å². The van der Waals surface area contributed by atoms with E-state index in [0.29, 0.717) is 22.6 Å². The quantitative estimate of drug-likeness (QED) is 0.780. The van der Waals surface area contributed by atoms with Crippen LogP contribution in [0, 0.1) is 0 Å². The standard InChI is InChI=1S/C20H22O5/c1-19(2,18(22)23)14-7-11-16(12-8-14)25-15-9-5-13(6-10-15)17(21)20(3,4)24/h5-12,24H,1-4H3,(H,22,23). The van der Waals surface area contributed by atoms with Crippen LogP contribution in [-0.2, 0) is 10.2 Å². The summed E-state index contributed by atoms with van der Waals surface area (Å²) in [6, 6.07) is 13.3. The van der Waals surface area contributed by atoms with E-state index in [1.807, 2.05) is 0 Å². The number of benzene rings is 2. The summed E-state index contributed by atoms with van der Waals surface area (Å²) in [7, 11) is 0. The van der Waals surface area contributed by atoms with Crippen LogP contribution in [0.4, 0.5) is 0 Å². The second kappa shape index (κ2) is 6.69. The van der Waals surface area contributed by atoms with Crippen molar-refractivity contribution in [2.75, 3.05) is 0 Å². The molecule has 2 aromatic rings. The van der Waals surface area contributed by atoms with Crippen molar-refractivity contribution >= 4 is 11.8 Å². The Labute approximate surface area is 146 Å². The number of hydrogen-bond acceptors (Lipinski definition) is 4. The van der Waals surface area contributed by atoms with E-state index in [0.717, 1.165) is 0 Å². The van der Waals surface area contributed by atoms with E-state index < -0.39 is 17.0 Å². The number of carbonyl (C=O) groups is 2. The van der Waals surface area contributed by atoms with Crippen molar-refractivity contribution in [2.24, 2.45) is 0 Å². The number of carbonyl (C=O) groups excluding carboxylic acids is 1. The Kier molecular flexibility index (Phi) is 4.99. The van der Waals surface area contributed by atoms with Crippen LogP contribution >= 0.6 is 0 Å². The molecule has 0 radical (unpaired) electrons. The van der Waals surface area contributed by atoms with Crippen LogP contribution in [0.5, 0.6) is 11.5 Å². The van der Waals surface area contributed by atoms with Crippen molar-refractivity contribution in [1.82, 2.24) is 0 Å².